The van der Waals surface area contributed by atoms with Crippen molar-refractivity contribution in [3.63, 3.8) is 0 Å². The summed E-state index contributed by atoms with van der Waals surface area (Å²) in [6, 6.07) is 6.83. The highest BCUT2D eigenvalue weighted by atomic mass is 35.5. The molecule has 4 heteroatoms. The topological polar surface area (TPSA) is 18.5 Å². The van der Waals surface area contributed by atoms with Gasteiger partial charge in [0.2, 0.25) is 0 Å². The van der Waals surface area contributed by atoms with Gasteiger partial charge in [0.1, 0.15) is 0 Å². The molecule has 1 atom stereocenters. The van der Waals surface area contributed by atoms with Crippen molar-refractivity contribution in [2.24, 2.45) is 0 Å². The van der Waals surface area contributed by atoms with Crippen LogP contribution < -0.4 is 10.2 Å². The van der Waals surface area contributed by atoms with Crippen LogP contribution in [-0.2, 0) is 0 Å². The van der Waals surface area contributed by atoms with Gasteiger partial charge in [0, 0.05) is 42.9 Å². The number of hydrogen-bond acceptors (Lipinski definition) is 3. The Bertz CT molecular complexity index is 442. The van der Waals surface area contributed by atoms with Crippen LogP contribution in [0.2, 0.25) is 5.02 Å². The van der Waals surface area contributed by atoms with Gasteiger partial charge in [0.05, 0.1) is 0 Å². The Balaban J connectivity index is 2.02. The van der Waals surface area contributed by atoms with Crippen molar-refractivity contribution in [3.05, 3.63) is 28.8 Å². The van der Waals surface area contributed by atoms with E-state index < -0.39 is 0 Å². The molecule has 1 saturated heterocycles. The van der Waals surface area contributed by atoms with Gasteiger partial charge in [0.25, 0.3) is 0 Å². The van der Waals surface area contributed by atoms with E-state index in [1.54, 1.807) is 0 Å². The summed E-state index contributed by atoms with van der Waals surface area (Å²) in [5, 5.41) is 4.37. The van der Waals surface area contributed by atoms with E-state index in [1.807, 2.05) is 0 Å². The molecule has 0 aliphatic carbocycles. The Morgan fingerprint density at radius 3 is 2.48 bits per heavy atom. The van der Waals surface area contributed by atoms with Crippen LogP contribution in [0.25, 0.3) is 0 Å². The number of nitrogens with zero attached hydrogens (tertiary/aromatic N) is 2. The fraction of sp³-hybridized carbons (Fsp3) is 0.647. The number of hydrogen-bond donors (Lipinski definition) is 1. The minimum absolute atomic E-state index is 0.309. The Hall–Kier alpha value is -0.770. The zero-order valence-electron chi connectivity index (χ0n) is 13.5. The maximum absolute atomic E-state index is 6.50. The molecule has 1 fully saturated rings. The fourth-order valence-corrected chi connectivity index (χ4v) is 3.20. The summed E-state index contributed by atoms with van der Waals surface area (Å²) in [5.41, 5.74) is 2.45. The van der Waals surface area contributed by atoms with Gasteiger partial charge < -0.3 is 15.1 Å². The minimum Gasteiger partial charge on any atom is -0.369 e. The molecular formula is C17H28ClN3. The summed E-state index contributed by atoms with van der Waals surface area (Å²) in [4.78, 5) is 4.93. The van der Waals surface area contributed by atoms with Crippen molar-refractivity contribution < 1.29 is 0 Å². The molecule has 0 spiro atoms. The van der Waals surface area contributed by atoms with Crippen LogP contribution in [0, 0.1) is 0 Å². The lowest BCUT2D eigenvalue weighted by molar-refractivity contribution is 0.271. The molecule has 21 heavy (non-hydrogen) atoms. The third-order valence-electron chi connectivity index (χ3n) is 4.34. The number of halogens is 1. The van der Waals surface area contributed by atoms with Gasteiger partial charge >= 0.3 is 0 Å². The highest BCUT2D eigenvalue weighted by molar-refractivity contribution is 6.31. The van der Waals surface area contributed by atoms with Gasteiger partial charge in [-0.05, 0) is 44.1 Å². The van der Waals surface area contributed by atoms with Crippen LogP contribution in [0.3, 0.4) is 0 Å². The number of likely N-dealkylation sites (N-methyl/N-ethyl adjacent to an activating group) is 1. The van der Waals surface area contributed by atoms with Gasteiger partial charge in [-0.2, -0.15) is 0 Å². The Morgan fingerprint density at radius 2 is 1.90 bits per heavy atom. The highest BCUT2D eigenvalue weighted by Crippen LogP contribution is 2.28. The van der Waals surface area contributed by atoms with Gasteiger partial charge in [-0.3, -0.25) is 0 Å². The molecule has 3 nitrogen and oxygen atoms in total. The second kappa shape index (κ2) is 8.02. The molecule has 0 radical (unpaired) electrons. The average Bonchev–Trinajstić information content (AvgIpc) is 2.52. The smallest absolute Gasteiger partial charge is 0.0474 e. The van der Waals surface area contributed by atoms with E-state index in [4.69, 9.17) is 11.6 Å². The van der Waals surface area contributed by atoms with Gasteiger partial charge in [-0.25, -0.2) is 0 Å². The van der Waals surface area contributed by atoms with Crippen molar-refractivity contribution in [2.75, 3.05) is 44.2 Å². The summed E-state index contributed by atoms with van der Waals surface area (Å²) in [6.45, 7) is 13.2. The van der Waals surface area contributed by atoms with Crippen molar-refractivity contribution in [3.8, 4) is 0 Å². The molecule has 0 aromatic heterocycles. The quantitative estimate of drug-likeness (QED) is 0.867. The zero-order valence-corrected chi connectivity index (χ0v) is 14.3. The molecule has 1 aliphatic heterocycles. The SMILES string of the molecule is CCCNC(C)c1ccc(N2CCN(CC)CC2)cc1Cl. The van der Waals surface area contributed by atoms with E-state index in [-0.39, 0.29) is 0 Å². The van der Waals surface area contributed by atoms with E-state index >= 15 is 0 Å². The highest BCUT2D eigenvalue weighted by Gasteiger charge is 2.17. The lowest BCUT2D eigenvalue weighted by Crippen LogP contribution is -2.46. The molecular weight excluding hydrogens is 282 g/mol. The van der Waals surface area contributed by atoms with Crippen molar-refractivity contribution in [1.82, 2.24) is 10.2 Å². The molecule has 1 unspecified atom stereocenters. The van der Waals surface area contributed by atoms with E-state index in [9.17, 15) is 0 Å². The zero-order chi connectivity index (χ0) is 15.2. The van der Waals surface area contributed by atoms with Gasteiger partial charge in [-0.1, -0.05) is 31.5 Å². The number of benzene rings is 1. The first-order valence-corrected chi connectivity index (χ1v) is 8.53. The first kappa shape index (κ1) is 16.6. The maximum atomic E-state index is 6.50. The Morgan fingerprint density at radius 1 is 1.19 bits per heavy atom. The standard InChI is InChI=1S/C17H28ClN3/c1-4-8-19-14(3)16-7-6-15(13-17(16)18)21-11-9-20(5-2)10-12-21/h6-7,13-14,19H,4-5,8-12H2,1-3H3. The molecule has 1 aromatic carbocycles. The van der Waals surface area contributed by atoms with Crippen LogP contribution in [0.15, 0.2) is 18.2 Å². The minimum atomic E-state index is 0.309. The van der Waals surface area contributed by atoms with Crippen molar-refractivity contribution in [1.29, 1.82) is 0 Å². The number of rotatable bonds is 6. The monoisotopic (exact) mass is 309 g/mol. The van der Waals surface area contributed by atoms with E-state index in [0.717, 1.165) is 50.7 Å². The van der Waals surface area contributed by atoms with Crippen LogP contribution >= 0.6 is 11.6 Å². The molecule has 0 bridgehead atoms. The van der Waals surface area contributed by atoms with Crippen LogP contribution in [0.5, 0.6) is 0 Å². The molecule has 0 saturated carbocycles. The lowest BCUT2D eigenvalue weighted by Gasteiger charge is -2.35. The number of anilines is 1. The van der Waals surface area contributed by atoms with E-state index in [0.29, 0.717) is 6.04 Å². The summed E-state index contributed by atoms with van der Waals surface area (Å²) in [7, 11) is 0. The maximum Gasteiger partial charge on any atom is 0.0474 e. The molecule has 0 amide bonds. The molecule has 1 heterocycles. The number of nitrogens with one attached hydrogen (secondary N) is 1. The molecule has 118 valence electrons. The third-order valence-corrected chi connectivity index (χ3v) is 4.66. The van der Waals surface area contributed by atoms with E-state index in [1.165, 1.54) is 11.3 Å². The Labute approximate surface area is 134 Å². The molecule has 1 N–H and O–H groups in total. The predicted octanol–water partition coefficient (Wildman–Crippen LogP) is 3.54. The fourth-order valence-electron chi connectivity index (χ4n) is 2.86. The second-order valence-electron chi connectivity index (χ2n) is 5.80. The van der Waals surface area contributed by atoms with Crippen molar-refractivity contribution in [2.45, 2.75) is 33.2 Å². The molecule has 1 aliphatic rings. The lowest BCUT2D eigenvalue weighted by atomic mass is 10.1. The third kappa shape index (κ3) is 4.35. The van der Waals surface area contributed by atoms with Crippen molar-refractivity contribution >= 4 is 17.3 Å². The average molecular weight is 310 g/mol. The van der Waals surface area contributed by atoms with Gasteiger partial charge in [-0.15, -0.1) is 0 Å². The second-order valence-corrected chi connectivity index (χ2v) is 6.21. The number of piperazine rings is 1. The Kier molecular flexibility index (Phi) is 6.34. The largest absolute Gasteiger partial charge is 0.369 e. The summed E-state index contributed by atoms with van der Waals surface area (Å²) >= 11 is 6.50. The summed E-state index contributed by atoms with van der Waals surface area (Å²) < 4.78 is 0. The first-order chi connectivity index (χ1) is 10.2. The normalized spacial score (nSPS) is 18.0. The van der Waals surface area contributed by atoms with Gasteiger partial charge in [0.15, 0.2) is 0 Å². The van der Waals surface area contributed by atoms with Crippen LogP contribution in [0.1, 0.15) is 38.8 Å². The summed E-state index contributed by atoms with van der Waals surface area (Å²) in [5.74, 6) is 0. The first-order valence-electron chi connectivity index (χ1n) is 8.15. The van der Waals surface area contributed by atoms with E-state index in [2.05, 4.69) is 54.1 Å². The molecule has 2 rings (SSSR count). The molecule has 1 aromatic rings. The van der Waals surface area contributed by atoms with Crippen LogP contribution in [-0.4, -0.2) is 44.2 Å². The summed E-state index contributed by atoms with van der Waals surface area (Å²) in [6.07, 6.45) is 1.14. The predicted molar refractivity (Wildman–Crippen MR) is 92.5 cm³/mol. The van der Waals surface area contributed by atoms with Crippen LogP contribution in [0.4, 0.5) is 5.69 Å².